The third kappa shape index (κ3) is 1.90. The van der Waals surface area contributed by atoms with E-state index in [0.29, 0.717) is 11.4 Å². The predicted octanol–water partition coefficient (Wildman–Crippen LogP) is 0.730. The number of carbonyl (C=O) groups excluding carboxylic acids is 1. The van der Waals surface area contributed by atoms with E-state index < -0.39 is 0 Å². The van der Waals surface area contributed by atoms with Gasteiger partial charge in [0.25, 0.3) is 0 Å². The second kappa shape index (κ2) is 4.09. The fourth-order valence-corrected chi connectivity index (χ4v) is 1.40. The maximum absolute atomic E-state index is 11.0. The summed E-state index contributed by atoms with van der Waals surface area (Å²) in [4.78, 5) is 11.0. The van der Waals surface area contributed by atoms with Crippen molar-refractivity contribution in [3.63, 3.8) is 0 Å². The zero-order valence-corrected chi connectivity index (χ0v) is 8.78. The van der Waals surface area contributed by atoms with E-state index in [1.807, 2.05) is 0 Å². The van der Waals surface area contributed by atoms with Crippen molar-refractivity contribution in [3.8, 4) is 0 Å². The second-order valence-corrected chi connectivity index (χ2v) is 3.33. The molecule has 0 spiro atoms. The average molecular weight is 220 g/mol. The Balaban J connectivity index is 2.22. The van der Waals surface area contributed by atoms with Crippen LogP contribution in [0.2, 0.25) is 0 Å². The maximum atomic E-state index is 11.0. The van der Waals surface area contributed by atoms with E-state index in [0.717, 1.165) is 10.9 Å². The van der Waals surface area contributed by atoms with Crippen LogP contribution in [-0.2, 0) is 9.53 Å². The summed E-state index contributed by atoms with van der Waals surface area (Å²) < 4.78 is 4.52. The number of anilines is 2. The molecule has 0 bridgehead atoms. The normalized spacial score (nSPS) is 10.3. The van der Waals surface area contributed by atoms with E-state index in [1.54, 1.807) is 18.3 Å². The number of fused-ring (bicyclic) bond motifs is 1. The molecule has 0 saturated carbocycles. The van der Waals surface area contributed by atoms with Crippen LogP contribution in [0.3, 0.4) is 0 Å². The van der Waals surface area contributed by atoms with Gasteiger partial charge in [-0.1, -0.05) is 0 Å². The molecular formula is C10H12N4O2. The van der Waals surface area contributed by atoms with Crippen LogP contribution in [0.4, 0.5) is 11.4 Å². The summed E-state index contributed by atoms with van der Waals surface area (Å²) in [6.07, 6.45) is 1.69. The SMILES string of the molecule is COC(=O)CNc1cc2[nH]ncc2cc1N. The van der Waals surface area contributed by atoms with Gasteiger partial charge in [0, 0.05) is 5.39 Å². The summed E-state index contributed by atoms with van der Waals surface area (Å²) >= 11 is 0. The summed E-state index contributed by atoms with van der Waals surface area (Å²) in [7, 11) is 1.34. The fourth-order valence-electron chi connectivity index (χ4n) is 1.40. The van der Waals surface area contributed by atoms with Gasteiger partial charge in [-0.15, -0.1) is 0 Å². The van der Waals surface area contributed by atoms with Gasteiger partial charge in [0.1, 0.15) is 6.54 Å². The van der Waals surface area contributed by atoms with Gasteiger partial charge in [-0.3, -0.25) is 9.89 Å². The van der Waals surface area contributed by atoms with E-state index in [4.69, 9.17) is 5.73 Å². The fraction of sp³-hybridized carbons (Fsp3) is 0.200. The lowest BCUT2D eigenvalue weighted by Gasteiger charge is -2.08. The Labute approximate surface area is 91.8 Å². The van der Waals surface area contributed by atoms with Crippen molar-refractivity contribution in [2.45, 2.75) is 0 Å². The van der Waals surface area contributed by atoms with Gasteiger partial charge in [0.15, 0.2) is 0 Å². The van der Waals surface area contributed by atoms with Crippen molar-refractivity contribution in [1.82, 2.24) is 10.2 Å². The smallest absolute Gasteiger partial charge is 0.325 e. The lowest BCUT2D eigenvalue weighted by atomic mass is 10.2. The zero-order valence-electron chi connectivity index (χ0n) is 8.78. The molecule has 1 aromatic heterocycles. The van der Waals surface area contributed by atoms with Crippen LogP contribution >= 0.6 is 0 Å². The van der Waals surface area contributed by atoms with E-state index in [1.165, 1.54) is 7.11 Å². The van der Waals surface area contributed by atoms with Crippen LogP contribution in [0.15, 0.2) is 18.3 Å². The first-order chi connectivity index (χ1) is 7.70. The van der Waals surface area contributed by atoms with Crippen LogP contribution in [-0.4, -0.2) is 29.8 Å². The zero-order chi connectivity index (χ0) is 11.5. The number of aromatic amines is 1. The van der Waals surface area contributed by atoms with E-state index in [-0.39, 0.29) is 12.5 Å². The third-order valence-corrected chi connectivity index (χ3v) is 2.26. The largest absolute Gasteiger partial charge is 0.468 e. The Morgan fingerprint density at radius 1 is 1.62 bits per heavy atom. The Hall–Kier alpha value is -2.24. The number of H-pyrrole nitrogens is 1. The molecule has 0 radical (unpaired) electrons. The lowest BCUT2D eigenvalue weighted by Crippen LogP contribution is -2.15. The summed E-state index contributed by atoms with van der Waals surface area (Å²) in [5.74, 6) is -0.343. The monoisotopic (exact) mass is 220 g/mol. The number of hydrogen-bond acceptors (Lipinski definition) is 5. The Morgan fingerprint density at radius 2 is 2.44 bits per heavy atom. The summed E-state index contributed by atoms with van der Waals surface area (Å²) in [5.41, 5.74) is 7.93. The average Bonchev–Trinajstić information content (AvgIpc) is 2.72. The third-order valence-electron chi connectivity index (χ3n) is 2.26. The molecule has 2 aromatic rings. The Bertz CT molecular complexity index is 521. The molecule has 0 saturated heterocycles. The number of benzene rings is 1. The van der Waals surface area contributed by atoms with Gasteiger partial charge in [0.2, 0.25) is 0 Å². The summed E-state index contributed by atoms with van der Waals surface area (Å²) in [6, 6.07) is 3.60. The number of ether oxygens (including phenoxy) is 1. The van der Waals surface area contributed by atoms with Crippen molar-refractivity contribution in [2.75, 3.05) is 24.7 Å². The molecule has 6 heteroatoms. The van der Waals surface area contributed by atoms with Crippen molar-refractivity contribution < 1.29 is 9.53 Å². The highest BCUT2D eigenvalue weighted by molar-refractivity contribution is 5.89. The summed E-state index contributed by atoms with van der Waals surface area (Å²) in [6.45, 7) is 0.0837. The van der Waals surface area contributed by atoms with Crippen molar-refractivity contribution in [3.05, 3.63) is 18.3 Å². The lowest BCUT2D eigenvalue weighted by molar-refractivity contribution is -0.138. The molecule has 0 unspecified atom stereocenters. The van der Waals surface area contributed by atoms with Gasteiger partial charge in [-0.25, -0.2) is 0 Å². The molecule has 4 N–H and O–H groups in total. The van der Waals surface area contributed by atoms with Gasteiger partial charge >= 0.3 is 5.97 Å². The molecule has 0 aliphatic heterocycles. The van der Waals surface area contributed by atoms with E-state index in [2.05, 4.69) is 20.3 Å². The van der Waals surface area contributed by atoms with Crippen LogP contribution in [0.1, 0.15) is 0 Å². The number of methoxy groups -OCH3 is 1. The highest BCUT2D eigenvalue weighted by Gasteiger charge is 2.05. The topological polar surface area (TPSA) is 93.0 Å². The van der Waals surface area contributed by atoms with Gasteiger partial charge in [0.05, 0.1) is 30.2 Å². The Morgan fingerprint density at radius 3 is 3.19 bits per heavy atom. The summed E-state index contributed by atoms with van der Waals surface area (Å²) in [5, 5.41) is 10.6. The number of nitrogens with zero attached hydrogens (tertiary/aromatic N) is 1. The number of nitrogen functional groups attached to an aromatic ring is 1. The van der Waals surface area contributed by atoms with Crippen molar-refractivity contribution in [2.24, 2.45) is 0 Å². The van der Waals surface area contributed by atoms with Crippen LogP contribution in [0.5, 0.6) is 0 Å². The van der Waals surface area contributed by atoms with Crippen LogP contribution < -0.4 is 11.1 Å². The molecule has 0 atom stereocenters. The molecule has 0 aliphatic rings. The first-order valence-electron chi connectivity index (χ1n) is 4.74. The number of rotatable bonds is 3. The molecule has 1 heterocycles. The molecule has 0 amide bonds. The van der Waals surface area contributed by atoms with Crippen molar-refractivity contribution >= 4 is 28.2 Å². The number of hydrogen-bond donors (Lipinski definition) is 3. The molecule has 2 rings (SSSR count). The number of nitrogens with one attached hydrogen (secondary N) is 2. The molecule has 84 valence electrons. The number of nitrogens with two attached hydrogens (primary N) is 1. The maximum Gasteiger partial charge on any atom is 0.325 e. The van der Waals surface area contributed by atoms with E-state index >= 15 is 0 Å². The first-order valence-corrected chi connectivity index (χ1v) is 4.74. The molecule has 6 nitrogen and oxygen atoms in total. The molecule has 0 fully saturated rings. The number of aromatic nitrogens is 2. The van der Waals surface area contributed by atoms with Crippen LogP contribution in [0, 0.1) is 0 Å². The quantitative estimate of drug-likeness (QED) is 0.523. The standard InChI is InChI=1S/C10H12N4O2/c1-16-10(15)5-12-9-3-8-6(2-7(9)11)4-13-14-8/h2-4,12H,5,11H2,1H3,(H,13,14). The van der Waals surface area contributed by atoms with Gasteiger partial charge in [-0.2, -0.15) is 5.10 Å². The number of carbonyl (C=O) groups is 1. The second-order valence-electron chi connectivity index (χ2n) is 3.33. The molecule has 0 aliphatic carbocycles. The van der Waals surface area contributed by atoms with Crippen molar-refractivity contribution in [1.29, 1.82) is 0 Å². The highest BCUT2D eigenvalue weighted by Crippen LogP contribution is 2.24. The number of esters is 1. The van der Waals surface area contributed by atoms with E-state index in [9.17, 15) is 4.79 Å². The first kappa shape index (κ1) is 10.3. The minimum absolute atomic E-state index is 0.0837. The molecular weight excluding hydrogens is 208 g/mol. The minimum Gasteiger partial charge on any atom is -0.468 e. The minimum atomic E-state index is -0.343. The van der Waals surface area contributed by atoms with Gasteiger partial charge < -0.3 is 15.8 Å². The molecule has 16 heavy (non-hydrogen) atoms. The van der Waals surface area contributed by atoms with Gasteiger partial charge in [-0.05, 0) is 12.1 Å². The highest BCUT2D eigenvalue weighted by atomic mass is 16.5. The molecule has 1 aromatic carbocycles. The predicted molar refractivity (Wildman–Crippen MR) is 61.0 cm³/mol. The Kier molecular flexibility index (Phi) is 2.63. The van der Waals surface area contributed by atoms with Crippen LogP contribution in [0.25, 0.3) is 10.9 Å².